The van der Waals surface area contributed by atoms with Crippen LogP contribution in [-0.4, -0.2) is 32.1 Å². The average Bonchev–Trinajstić information content (AvgIpc) is 2.82. The number of hydrogen-bond donors (Lipinski definition) is 2. The Morgan fingerprint density at radius 1 is 1.61 bits per heavy atom. The molecule has 5 heteroatoms. The van der Waals surface area contributed by atoms with Crippen LogP contribution in [0.3, 0.4) is 0 Å². The predicted octanol–water partition coefficient (Wildman–Crippen LogP) is 0.855. The van der Waals surface area contributed by atoms with Crippen LogP contribution < -0.4 is 15.4 Å². The zero-order chi connectivity index (χ0) is 13.0. The van der Waals surface area contributed by atoms with E-state index in [9.17, 15) is 9.18 Å². The van der Waals surface area contributed by atoms with Crippen molar-refractivity contribution in [3.8, 4) is 5.75 Å². The maximum atomic E-state index is 13.4. The van der Waals surface area contributed by atoms with Gasteiger partial charge in [-0.3, -0.25) is 4.79 Å². The summed E-state index contributed by atoms with van der Waals surface area (Å²) in [6.07, 6.45) is 1.14. The topological polar surface area (TPSA) is 50.4 Å². The van der Waals surface area contributed by atoms with E-state index in [-0.39, 0.29) is 24.1 Å². The molecule has 0 bridgehead atoms. The molecule has 1 aliphatic heterocycles. The van der Waals surface area contributed by atoms with E-state index < -0.39 is 5.82 Å². The summed E-state index contributed by atoms with van der Waals surface area (Å²) in [5.41, 5.74) is 0.650. The number of nitrogens with one attached hydrogen (secondary N) is 2. The number of halogens is 1. The zero-order valence-electron chi connectivity index (χ0n) is 10.3. The second-order valence-electron chi connectivity index (χ2n) is 4.40. The van der Waals surface area contributed by atoms with Gasteiger partial charge >= 0.3 is 0 Å². The van der Waals surface area contributed by atoms with Crippen LogP contribution in [0.15, 0.2) is 18.2 Å². The van der Waals surface area contributed by atoms with Gasteiger partial charge in [-0.2, -0.15) is 0 Å². The van der Waals surface area contributed by atoms with Crippen molar-refractivity contribution >= 4 is 5.91 Å². The first kappa shape index (κ1) is 12.8. The molecule has 4 nitrogen and oxygen atoms in total. The van der Waals surface area contributed by atoms with Crippen molar-refractivity contribution in [1.29, 1.82) is 0 Å². The molecule has 1 aliphatic rings. The number of ether oxygens (including phenoxy) is 1. The summed E-state index contributed by atoms with van der Waals surface area (Å²) in [6, 6.07) is 4.77. The molecule has 18 heavy (non-hydrogen) atoms. The quantitative estimate of drug-likeness (QED) is 0.835. The first-order valence-electron chi connectivity index (χ1n) is 6.01. The number of methoxy groups -OCH3 is 1. The lowest BCUT2D eigenvalue weighted by Gasteiger charge is -2.11. The molecular formula is C13H17FN2O2. The third-order valence-electron chi connectivity index (χ3n) is 3.01. The van der Waals surface area contributed by atoms with Crippen molar-refractivity contribution in [3.63, 3.8) is 0 Å². The molecule has 0 spiro atoms. The van der Waals surface area contributed by atoms with Gasteiger partial charge in [0.2, 0.25) is 5.91 Å². The minimum absolute atomic E-state index is 0.0757. The Balaban J connectivity index is 1.92. The fourth-order valence-electron chi connectivity index (χ4n) is 2.06. The van der Waals surface area contributed by atoms with E-state index >= 15 is 0 Å². The molecule has 2 rings (SSSR count). The Labute approximate surface area is 106 Å². The van der Waals surface area contributed by atoms with Crippen LogP contribution in [-0.2, 0) is 11.2 Å². The van der Waals surface area contributed by atoms with Crippen molar-refractivity contribution in [3.05, 3.63) is 29.6 Å². The molecule has 1 amide bonds. The molecule has 1 heterocycles. The first-order chi connectivity index (χ1) is 8.69. The van der Waals surface area contributed by atoms with E-state index in [0.717, 1.165) is 19.5 Å². The highest BCUT2D eigenvalue weighted by molar-refractivity contribution is 5.79. The normalized spacial score (nSPS) is 18.7. The summed E-state index contributed by atoms with van der Waals surface area (Å²) in [6.45, 7) is 1.74. The number of rotatable bonds is 4. The lowest BCUT2D eigenvalue weighted by Crippen LogP contribution is -2.37. The van der Waals surface area contributed by atoms with Crippen molar-refractivity contribution in [2.75, 3.05) is 20.2 Å². The number of hydrogen-bond acceptors (Lipinski definition) is 3. The van der Waals surface area contributed by atoms with Crippen LogP contribution in [0, 0.1) is 5.82 Å². The molecule has 0 radical (unpaired) electrons. The van der Waals surface area contributed by atoms with E-state index in [1.807, 2.05) is 0 Å². The Hall–Kier alpha value is -1.62. The highest BCUT2D eigenvalue weighted by Gasteiger charge is 2.16. The monoisotopic (exact) mass is 252 g/mol. The fourth-order valence-corrected chi connectivity index (χ4v) is 2.06. The summed E-state index contributed by atoms with van der Waals surface area (Å²) in [5, 5.41) is 6.09. The van der Waals surface area contributed by atoms with E-state index in [1.54, 1.807) is 6.07 Å². The van der Waals surface area contributed by atoms with E-state index in [2.05, 4.69) is 10.6 Å². The Bertz CT molecular complexity index is 431. The molecular weight excluding hydrogens is 235 g/mol. The predicted molar refractivity (Wildman–Crippen MR) is 66.1 cm³/mol. The third-order valence-corrected chi connectivity index (χ3v) is 3.01. The van der Waals surface area contributed by atoms with Gasteiger partial charge in [0.05, 0.1) is 13.5 Å². The number of carbonyl (C=O) groups is 1. The van der Waals surface area contributed by atoms with Gasteiger partial charge in [0.15, 0.2) is 11.6 Å². The summed E-state index contributed by atoms with van der Waals surface area (Å²) in [5.74, 6) is -0.322. The second kappa shape index (κ2) is 5.82. The van der Waals surface area contributed by atoms with E-state index in [1.165, 1.54) is 19.2 Å². The van der Waals surface area contributed by atoms with Crippen LogP contribution >= 0.6 is 0 Å². The van der Waals surface area contributed by atoms with Crippen LogP contribution in [0.25, 0.3) is 0 Å². The number of amides is 1. The Morgan fingerprint density at radius 2 is 2.44 bits per heavy atom. The molecule has 1 unspecified atom stereocenters. The largest absolute Gasteiger partial charge is 0.494 e. The molecule has 1 saturated heterocycles. The number of benzene rings is 1. The standard InChI is InChI=1S/C13H17FN2O2/c1-18-12-3-2-9(6-11(12)14)7-13(17)16-10-4-5-15-8-10/h2-3,6,10,15H,4-5,7-8H2,1H3,(H,16,17). The Morgan fingerprint density at radius 3 is 3.06 bits per heavy atom. The van der Waals surface area contributed by atoms with Crippen LogP contribution in [0.2, 0.25) is 0 Å². The van der Waals surface area contributed by atoms with Gasteiger partial charge in [-0.05, 0) is 30.7 Å². The summed E-state index contributed by atoms with van der Waals surface area (Å²) in [4.78, 5) is 11.7. The molecule has 98 valence electrons. The van der Waals surface area contributed by atoms with Crippen molar-refractivity contribution in [2.24, 2.45) is 0 Å². The van der Waals surface area contributed by atoms with Crippen LogP contribution in [0.5, 0.6) is 5.75 Å². The Kier molecular flexibility index (Phi) is 4.15. The van der Waals surface area contributed by atoms with Gasteiger partial charge in [-0.25, -0.2) is 4.39 Å². The van der Waals surface area contributed by atoms with Crippen LogP contribution in [0.1, 0.15) is 12.0 Å². The summed E-state index contributed by atoms with van der Waals surface area (Å²) in [7, 11) is 1.41. The summed E-state index contributed by atoms with van der Waals surface area (Å²) >= 11 is 0. The molecule has 1 aromatic carbocycles. The molecule has 1 fully saturated rings. The molecule has 0 aromatic heterocycles. The minimum atomic E-state index is -0.440. The van der Waals surface area contributed by atoms with E-state index in [4.69, 9.17) is 4.74 Å². The van der Waals surface area contributed by atoms with Gasteiger partial charge in [0.25, 0.3) is 0 Å². The minimum Gasteiger partial charge on any atom is -0.494 e. The maximum Gasteiger partial charge on any atom is 0.224 e. The molecule has 2 N–H and O–H groups in total. The van der Waals surface area contributed by atoms with Crippen molar-refractivity contribution in [1.82, 2.24) is 10.6 Å². The van der Waals surface area contributed by atoms with Gasteiger partial charge in [0, 0.05) is 12.6 Å². The lowest BCUT2D eigenvalue weighted by atomic mass is 10.1. The first-order valence-corrected chi connectivity index (χ1v) is 6.01. The van der Waals surface area contributed by atoms with Gasteiger partial charge in [0.1, 0.15) is 0 Å². The van der Waals surface area contributed by atoms with Gasteiger partial charge in [-0.1, -0.05) is 6.07 Å². The highest BCUT2D eigenvalue weighted by atomic mass is 19.1. The fraction of sp³-hybridized carbons (Fsp3) is 0.462. The van der Waals surface area contributed by atoms with Gasteiger partial charge < -0.3 is 15.4 Å². The van der Waals surface area contributed by atoms with E-state index in [0.29, 0.717) is 5.56 Å². The average molecular weight is 252 g/mol. The van der Waals surface area contributed by atoms with Crippen molar-refractivity contribution in [2.45, 2.75) is 18.9 Å². The molecule has 0 aliphatic carbocycles. The second-order valence-corrected chi connectivity index (χ2v) is 4.40. The van der Waals surface area contributed by atoms with Crippen molar-refractivity contribution < 1.29 is 13.9 Å². The SMILES string of the molecule is COc1ccc(CC(=O)NC2CCNC2)cc1F. The molecule has 1 aromatic rings. The highest BCUT2D eigenvalue weighted by Crippen LogP contribution is 2.17. The lowest BCUT2D eigenvalue weighted by molar-refractivity contribution is -0.121. The zero-order valence-corrected chi connectivity index (χ0v) is 10.3. The summed E-state index contributed by atoms with van der Waals surface area (Å²) < 4.78 is 18.3. The van der Waals surface area contributed by atoms with Gasteiger partial charge in [-0.15, -0.1) is 0 Å². The number of carbonyl (C=O) groups excluding carboxylic acids is 1. The smallest absolute Gasteiger partial charge is 0.224 e. The molecule has 0 saturated carbocycles. The maximum absolute atomic E-state index is 13.4. The van der Waals surface area contributed by atoms with Crippen LogP contribution in [0.4, 0.5) is 4.39 Å². The third kappa shape index (κ3) is 3.20. The molecule has 1 atom stereocenters.